The Morgan fingerprint density at radius 2 is 1.86 bits per heavy atom. The molecule has 8 heteroatoms. The fourth-order valence-electron chi connectivity index (χ4n) is 2.18. The van der Waals surface area contributed by atoms with Crippen molar-refractivity contribution in [2.45, 2.75) is 16.7 Å². The first-order valence-corrected chi connectivity index (χ1v) is 7.96. The van der Waals surface area contributed by atoms with Crippen molar-refractivity contribution >= 4 is 21.3 Å². The van der Waals surface area contributed by atoms with Crippen LogP contribution in [0.3, 0.4) is 0 Å². The molecular formula is C14H13FN4O2S. The number of anilines is 1. The van der Waals surface area contributed by atoms with Gasteiger partial charge in [-0.05, 0) is 37.3 Å². The van der Waals surface area contributed by atoms with Crippen LogP contribution in [0.5, 0.6) is 0 Å². The van der Waals surface area contributed by atoms with Crippen LogP contribution in [0.2, 0.25) is 0 Å². The first-order chi connectivity index (χ1) is 10.4. The molecule has 0 fully saturated rings. The number of benzene rings is 1. The van der Waals surface area contributed by atoms with Crippen molar-refractivity contribution in [2.75, 3.05) is 12.4 Å². The van der Waals surface area contributed by atoms with E-state index in [9.17, 15) is 12.8 Å². The van der Waals surface area contributed by atoms with Crippen LogP contribution >= 0.6 is 0 Å². The summed E-state index contributed by atoms with van der Waals surface area (Å²) in [4.78, 5) is 4.09. The Balaban J connectivity index is 2.33. The van der Waals surface area contributed by atoms with Crippen LogP contribution in [-0.4, -0.2) is 30.1 Å². The van der Waals surface area contributed by atoms with E-state index < -0.39 is 15.7 Å². The first-order valence-electron chi connectivity index (χ1n) is 6.48. The summed E-state index contributed by atoms with van der Waals surface area (Å²) < 4.78 is 40.2. The third-order valence-corrected chi connectivity index (χ3v) is 5.10. The van der Waals surface area contributed by atoms with Crippen molar-refractivity contribution in [3.8, 4) is 0 Å². The third kappa shape index (κ3) is 2.12. The van der Waals surface area contributed by atoms with E-state index in [0.717, 1.165) is 17.8 Å². The minimum Gasteiger partial charge on any atom is -0.370 e. The van der Waals surface area contributed by atoms with E-state index in [1.165, 1.54) is 22.8 Å². The lowest BCUT2D eigenvalue weighted by molar-refractivity contribution is 0.595. The van der Waals surface area contributed by atoms with Crippen LogP contribution < -0.4 is 5.32 Å². The Labute approximate surface area is 126 Å². The van der Waals surface area contributed by atoms with Gasteiger partial charge in [-0.25, -0.2) is 22.3 Å². The summed E-state index contributed by atoms with van der Waals surface area (Å²) in [5, 5.41) is 7.00. The Morgan fingerprint density at radius 3 is 2.50 bits per heavy atom. The summed E-state index contributed by atoms with van der Waals surface area (Å²) in [6, 6.07) is 6.40. The number of aromatic nitrogens is 3. The highest BCUT2D eigenvalue weighted by Crippen LogP contribution is 2.30. The van der Waals surface area contributed by atoms with Gasteiger partial charge in [-0.15, -0.1) is 5.10 Å². The van der Waals surface area contributed by atoms with Gasteiger partial charge < -0.3 is 5.32 Å². The number of hydrogen-bond donors (Lipinski definition) is 1. The number of sulfone groups is 1. The molecule has 1 aromatic carbocycles. The van der Waals surface area contributed by atoms with Gasteiger partial charge in [0.25, 0.3) is 0 Å². The largest absolute Gasteiger partial charge is 0.370 e. The van der Waals surface area contributed by atoms with Crippen LogP contribution in [0.4, 0.5) is 10.2 Å². The molecule has 2 aromatic heterocycles. The van der Waals surface area contributed by atoms with E-state index in [0.29, 0.717) is 0 Å². The lowest BCUT2D eigenvalue weighted by Crippen LogP contribution is -2.05. The summed E-state index contributed by atoms with van der Waals surface area (Å²) in [7, 11) is -2.29. The van der Waals surface area contributed by atoms with Crippen molar-refractivity contribution in [1.82, 2.24) is 14.6 Å². The molecule has 0 atom stereocenters. The van der Waals surface area contributed by atoms with Gasteiger partial charge in [-0.1, -0.05) is 0 Å². The summed E-state index contributed by atoms with van der Waals surface area (Å²) in [5.74, 6) is -0.298. The quantitative estimate of drug-likeness (QED) is 0.748. The lowest BCUT2D eigenvalue weighted by Gasteiger charge is -2.05. The van der Waals surface area contributed by atoms with Gasteiger partial charge in [-0.2, -0.15) is 0 Å². The van der Waals surface area contributed by atoms with Gasteiger partial charge in [0.15, 0.2) is 16.4 Å². The minimum absolute atomic E-state index is 0.0105. The molecule has 0 unspecified atom stereocenters. The molecule has 2 heterocycles. The SMILES string of the molecule is CNc1nn2c(C)ccnc2c1S(=O)(=O)c1ccc(F)cc1. The number of halogens is 1. The molecule has 0 aliphatic heterocycles. The normalized spacial score (nSPS) is 11.8. The van der Waals surface area contributed by atoms with Crippen LogP contribution in [0.25, 0.3) is 5.65 Å². The average molecular weight is 320 g/mol. The highest BCUT2D eigenvalue weighted by molar-refractivity contribution is 7.91. The summed E-state index contributed by atoms with van der Waals surface area (Å²) >= 11 is 0. The van der Waals surface area contributed by atoms with Gasteiger partial charge in [0.1, 0.15) is 5.82 Å². The van der Waals surface area contributed by atoms with Crippen molar-refractivity contribution in [3.63, 3.8) is 0 Å². The monoisotopic (exact) mass is 320 g/mol. The van der Waals surface area contributed by atoms with E-state index in [1.807, 2.05) is 0 Å². The smallest absolute Gasteiger partial charge is 0.214 e. The number of aryl methyl sites for hydroxylation is 1. The maximum absolute atomic E-state index is 13.0. The van der Waals surface area contributed by atoms with Gasteiger partial charge in [-0.3, -0.25) is 0 Å². The summed E-state index contributed by atoms with van der Waals surface area (Å²) in [5.41, 5.74) is 0.982. The molecule has 0 aliphatic rings. The highest BCUT2D eigenvalue weighted by Gasteiger charge is 2.28. The fraction of sp³-hybridized carbons (Fsp3) is 0.143. The van der Waals surface area contributed by atoms with E-state index in [1.54, 1.807) is 20.0 Å². The van der Waals surface area contributed by atoms with Crippen molar-refractivity contribution in [3.05, 3.63) is 48.0 Å². The second-order valence-corrected chi connectivity index (χ2v) is 6.59. The molecule has 3 rings (SSSR count). The fourth-order valence-corrected chi connectivity index (χ4v) is 3.69. The Hall–Kier alpha value is -2.48. The minimum atomic E-state index is -3.87. The number of nitrogens with zero attached hydrogens (tertiary/aromatic N) is 3. The number of nitrogens with one attached hydrogen (secondary N) is 1. The number of rotatable bonds is 3. The molecule has 0 aliphatic carbocycles. The van der Waals surface area contributed by atoms with Crippen molar-refractivity contribution in [2.24, 2.45) is 0 Å². The molecule has 6 nitrogen and oxygen atoms in total. The summed E-state index contributed by atoms with van der Waals surface area (Å²) in [6.45, 7) is 1.80. The Kier molecular flexibility index (Phi) is 3.32. The predicted octanol–water partition coefficient (Wildman–Crippen LogP) is 2.05. The molecule has 114 valence electrons. The van der Waals surface area contributed by atoms with E-state index in [4.69, 9.17) is 0 Å². The third-order valence-electron chi connectivity index (χ3n) is 3.29. The maximum Gasteiger partial charge on any atom is 0.214 e. The van der Waals surface area contributed by atoms with E-state index >= 15 is 0 Å². The van der Waals surface area contributed by atoms with Gasteiger partial charge in [0.05, 0.1) is 4.90 Å². The predicted molar refractivity (Wildman–Crippen MR) is 79.1 cm³/mol. The van der Waals surface area contributed by atoms with Crippen LogP contribution in [0, 0.1) is 12.7 Å². The van der Waals surface area contributed by atoms with Crippen LogP contribution in [-0.2, 0) is 9.84 Å². The number of hydrogen-bond acceptors (Lipinski definition) is 5. The number of fused-ring (bicyclic) bond motifs is 1. The molecule has 0 saturated carbocycles. The molecule has 0 bridgehead atoms. The molecule has 0 saturated heterocycles. The zero-order valence-electron chi connectivity index (χ0n) is 11.9. The van der Waals surface area contributed by atoms with Crippen LogP contribution in [0.15, 0.2) is 46.3 Å². The highest BCUT2D eigenvalue weighted by atomic mass is 32.2. The first kappa shape index (κ1) is 14.5. The zero-order chi connectivity index (χ0) is 15.9. The average Bonchev–Trinajstić information content (AvgIpc) is 2.88. The molecule has 0 radical (unpaired) electrons. The Morgan fingerprint density at radius 1 is 1.18 bits per heavy atom. The van der Waals surface area contributed by atoms with Gasteiger partial charge in [0, 0.05) is 18.9 Å². The molecule has 22 heavy (non-hydrogen) atoms. The van der Waals surface area contributed by atoms with Crippen molar-refractivity contribution < 1.29 is 12.8 Å². The van der Waals surface area contributed by atoms with Crippen LogP contribution in [0.1, 0.15) is 5.69 Å². The van der Waals surface area contributed by atoms with E-state index in [2.05, 4.69) is 15.4 Å². The summed E-state index contributed by atoms with van der Waals surface area (Å²) in [6.07, 6.45) is 1.52. The Bertz CT molecular complexity index is 949. The van der Waals surface area contributed by atoms with E-state index in [-0.39, 0.29) is 21.3 Å². The molecule has 3 aromatic rings. The molecular weight excluding hydrogens is 307 g/mol. The topological polar surface area (TPSA) is 76.4 Å². The molecule has 0 spiro atoms. The lowest BCUT2D eigenvalue weighted by atomic mass is 10.4. The molecule has 1 N–H and O–H groups in total. The second kappa shape index (κ2) is 5.06. The van der Waals surface area contributed by atoms with Gasteiger partial charge >= 0.3 is 0 Å². The van der Waals surface area contributed by atoms with Gasteiger partial charge in [0.2, 0.25) is 9.84 Å². The standard InChI is InChI=1S/C14H13FN4O2S/c1-9-7-8-17-14-12(13(16-2)18-19(9)14)22(20,21)11-5-3-10(15)4-6-11/h3-8H,1-2H3,(H,16,18). The van der Waals surface area contributed by atoms with Crippen molar-refractivity contribution in [1.29, 1.82) is 0 Å². The maximum atomic E-state index is 13.0. The zero-order valence-corrected chi connectivity index (χ0v) is 12.7. The second-order valence-electron chi connectivity index (χ2n) is 4.71. The molecule has 0 amide bonds.